The van der Waals surface area contributed by atoms with E-state index >= 15 is 0 Å². The van der Waals surface area contributed by atoms with Gasteiger partial charge in [0, 0.05) is 11.4 Å². The summed E-state index contributed by atoms with van der Waals surface area (Å²) in [6, 6.07) is 11.0. The third-order valence-corrected chi connectivity index (χ3v) is 6.01. The van der Waals surface area contributed by atoms with Gasteiger partial charge >= 0.3 is 5.63 Å². The molecule has 5 rings (SSSR count). The maximum Gasteiger partial charge on any atom is 0.344 e. The number of thiophene rings is 1. The van der Waals surface area contributed by atoms with Gasteiger partial charge in [0.25, 0.3) is 5.56 Å². The first-order valence-electron chi connectivity index (χ1n) is 9.09. The van der Waals surface area contributed by atoms with Gasteiger partial charge in [-0.05, 0) is 30.5 Å². The van der Waals surface area contributed by atoms with Crippen molar-refractivity contribution in [1.82, 2.24) is 9.55 Å². The number of ether oxygens (including phenoxy) is 1. The summed E-state index contributed by atoms with van der Waals surface area (Å²) >= 11 is 1.47. The van der Waals surface area contributed by atoms with E-state index in [2.05, 4.69) is 11.6 Å². The monoisotopic (exact) mass is 404 g/mol. The fourth-order valence-corrected chi connectivity index (χ4v) is 4.64. The van der Waals surface area contributed by atoms with Gasteiger partial charge in [0.1, 0.15) is 11.4 Å². The maximum absolute atomic E-state index is 13.4. The lowest BCUT2D eigenvalue weighted by Gasteiger charge is -2.27. The molecule has 0 radical (unpaired) electrons. The minimum atomic E-state index is -0.605. The van der Waals surface area contributed by atoms with Crippen molar-refractivity contribution in [3.05, 3.63) is 97.0 Å². The van der Waals surface area contributed by atoms with Crippen molar-refractivity contribution >= 4 is 22.3 Å². The molecule has 0 spiro atoms. The molecule has 0 amide bonds. The largest absolute Gasteiger partial charge is 0.437 e. The molecular weight excluding hydrogens is 388 g/mol. The van der Waals surface area contributed by atoms with E-state index in [0.29, 0.717) is 40.2 Å². The first kappa shape index (κ1) is 17.6. The van der Waals surface area contributed by atoms with Crippen LogP contribution in [-0.2, 0) is 6.54 Å². The van der Waals surface area contributed by atoms with Gasteiger partial charge < -0.3 is 9.15 Å². The quantitative estimate of drug-likeness (QED) is 0.333. The van der Waals surface area contributed by atoms with Crippen molar-refractivity contribution in [2.75, 3.05) is 0 Å². The lowest BCUT2D eigenvalue weighted by atomic mass is 9.88. The van der Waals surface area contributed by atoms with Crippen molar-refractivity contribution in [2.45, 2.75) is 19.4 Å². The van der Waals surface area contributed by atoms with Crippen LogP contribution < -0.4 is 15.9 Å². The highest BCUT2D eigenvalue weighted by Gasteiger charge is 2.38. The molecule has 1 aliphatic heterocycles. The number of rotatable bonds is 3. The van der Waals surface area contributed by atoms with Crippen molar-refractivity contribution in [1.29, 1.82) is 0 Å². The molecule has 4 aromatic rings. The SMILES string of the molecule is C=CCn1c(C)nc2c(c1=O)[C@@H](c1cccs1)c1c(c3ccccc3oc1=O)O2. The van der Waals surface area contributed by atoms with E-state index in [9.17, 15) is 9.59 Å². The first-order chi connectivity index (χ1) is 14.1. The van der Waals surface area contributed by atoms with Crippen LogP contribution in [0.2, 0.25) is 0 Å². The van der Waals surface area contributed by atoms with E-state index in [1.54, 1.807) is 25.1 Å². The number of aryl methyl sites for hydroxylation is 1. The molecule has 1 aromatic carbocycles. The molecule has 0 N–H and O–H groups in total. The first-order valence-corrected chi connectivity index (χ1v) is 9.97. The summed E-state index contributed by atoms with van der Waals surface area (Å²) in [5, 5.41) is 2.58. The van der Waals surface area contributed by atoms with Crippen LogP contribution in [0.1, 0.15) is 27.7 Å². The maximum atomic E-state index is 13.4. The highest BCUT2D eigenvalue weighted by molar-refractivity contribution is 7.10. The van der Waals surface area contributed by atoms with E-state index in [0.717, 1.165) is 4.88 Å². The highest BCUT2D eigenvalue weighted by Crippen LogP contribution is 2.47. The molecular formula is C22H16N2O4S. The average molecular weight is 404 g/mol. The standard InChI is InChI=1S/C22H16N2O4S/c1-3-10-24-12(2)23-20-18(21(24)25)16(15-9-6-11-29-15)17-19(28-20)13-7-4-5-8-14(13)27-22(17)26/h3-9,11,16H,1,10H2,2H3/t16-/m0/s1. The van der Waals surface area contributed by atoms with Crippen molar-refractivity contribution in [3.63, 3.8) is 0 Å². The number of hydrogen-bond donors (Lipinski definition) is 0. The smallest absolute Gasteiger partial charge is 0.344 e. The molecule has 0 aliphatic carbocycles. The summed E-state index contributed by atoms with van der Waals surface area (Å²) in [7, 11) is 0. The lowest BCUT2D eigenvalue weighted by Crippen LogP contribution is -2.33. The number of nitrogens with zero attached hydrogens (tertiary/aromatic N) is 2. The molecule has 6 nitrogen and oxygen atoms in total. The second-order valence-corrected chi connectivity index (χ2v) is 7.74. The zero-order valence-electron chi connectivity index (χ0n) is 15.5. The van der Waals surface area contributed by atoms with Crippen LogP contribution in [0.5, 0.6) is 11.6 Å². The third kappa shape index (κ3) is 2.58. The Morgan fingerprint density at radius 1 is 1.21 bits per heavy atom. The van der Waals surface area contributed by atoms with Gasteiger partial charge in [-0.15, -0.1) is 17.9 Å². The van der Waals surface area contributed by atoms with Crippen molar-refractivity contribution in [3.8, 4) is 11.6 Å². The molecule has 0 fully saturated rings. The Morgan fingerprint density at radius 2 is 2.03 bits per heavy atom. The van der Waals surface area contributed by atoms with Gasteiger partial charge in [-0.2, -0.15) is 4.98 Å². The topological polar surface area (TPSA) is 74.3 Å². The molecule has 3 aromatic heterocycles. The molecule has 29 heavy (non-hydrogen) atoms. The Bertz CT molecular complexity index is 1380. The Hall–Kier alpha value is -3.45. The van der Waals surface area contributed by atoms with Crippen LogP contribution in [-0.4, -0.2) is 9.55 Å². The fraction of sp³-hybridized carbons (Fsp3) is 0.136. The molecule has 7 heteroatoms. The molecule has 144 valence electrons. The number of fused-ring (bicyclic) bond motifs is 4. The van der Waals surface area contributed by atoms with Gasteiger partial charge in [0.15, 0.2) is 5.75 Å². The van der Waals surface area contributed by atoms with E-state index < -0.39 is 11.5 Å². The molecule has 1 atom stereocenters. The number of aromatic nitrogens is 2. The van der Waals surface area contributed by atoms with Gasteiger partial charge in [-0.25, -0.2) is 4.79 Å². The lowest BCUT2D eigenvalue weighted by molar-refractivity contribution is 0.414. The third-order valence-electron chi connectivity index (χ3n) is 5.07. The Labute approximate surface area is 169 Å². The van der Waals surface area contributed by atoms with Crippen LogP contribution in [0, 0.1) is 6.92 Å². The van der Waals surface area contributed by atoms with E-state index in [4.69, 9.17) is 9.15 Å². The summed E-state index contributed by atoms with van der Waals surface area (Å²) < 4.78 is 13.2. The number of para-hydroxylation sites is 1. The zero-order chi connectivity index (χ0) is 20.1. The van der Waals surface area contributed by atoms with Crippen molar-refractivity contribution in [2.24, 2.45) is 0 Å². The summed E-state index contributed by atoms with van der Waals surface area (Å²) in [5.74, 6) is 0.547. The highest BCUT2D eigenvalue weighted by atomic mass is 32.1. The summed E-state index contributed by atoms with van der Waals surface area (Å²) in [6.45, 7) is 5.79. The second-order valence-electron chi connectivity index (χ2n) is 6.76. The van der Waals surface area contributed by atoms with Gasteiger partial charge in [-0.3, -0.25) is 9.36 Å². The van der Waals surface area contributed by atoms with Crippen LogP contribution in [0.3, 0.4) is 0 Å². The van der Waals surface area contributed by atoms with Gasteiger partial charge in [0.05, 0.1) is 22.4 Å². The number of benzene rings is 1. The van der Waals surface area contributed by atoms with Gasteiger partial charge in [-0.1, -0.05) is 24.3 Å². The predicted molar refractivity (Wildman–Crippen MR) is 111 cm³/mol. The molecule has 0 saturated heterocycles. The summed E-state index contributed by atoms with van der Waals surface area (Å²) in [6.07, 6.45) is 1.64. The van der Waals surface area contributed by atoms with E-state index in [1.807, 2.05) is 29.6 Å². The zero-order valence-corrected chi connectivity index (χ0v) is 16.4. The van der Waals surface area contributed by atoms with Crippen LogP contribution >= 0.6 is 11.3 Å². The Morgan fingerprint density at radius 3 is 2.79 bits per heavy atom. The van der Waals surface area contributed by atoms with Crippen LogP contribution in [0.25, 0.3) is 11.0 Å². The summed E-state index contributed by atoms with van der Waals surface area (Å²) in [4.78, 5) is 31.8. The van der Waals surface area contributed by atoms with E-state index in [-0.39, 0.29) is 11.4 Å². The van der Waals surface area contributed by atoms with Crippen molar-refractivity contribution < 1.29 is 9.15 Å². The minimum absolute atomic E-state index is 0.231. The Balaban J connectivity index is 1.91. The molecule has 0 saturated carbocycles. The number of hydrogen-bond acceptors (Lipinski definition) is 6. The van der Waals surface area contributed by atoms with E-state index in [1.165, 1.54) is 15.9 Å². The van der Waals surface area contributed by atoms with Gasteiger partial charge in [0.2, 0.25) is 5.88 Å². The van der Waals surface area contributed by atoms with Crippen LogP contribution in [0.4, 0.5) is 0 Å². The second kappa shape index (κ2) is 6.56. The molecule has 0 bridgehead atoms. The predicted octanol–water partition coefficient (Wildman–Crippen LogP) is 4.19. The normalized spacial score (nSPS) is 14.9. The fourth-order valence-electron chi connectivity index (χ4n) is 3.80. The molecule has 1 aliphatic rings. The molecule has 0 unspecified atom stereocenters. The minimum Gasteiger partial charge on any atom is -0.437 e. The number of allylic oxidation sites excluding steroid dienone is 1. The average Bonchev–Trinajstić information content (AvgIpc) is 3.24. The summed E-state index contributed by atoms with van der Waals surface area (Å²) in [5.41, 5.74) is 0.338. The van der Waals surface area contributed by atoms with Crippen LogP contribution in [0.15, 0.2) is 68.4 Å². The molecule has 4 heterocycles. The Kier molecular flexibility index (Phi) is 3.99.